The SMILES string of the molecule is CC(F)(F)COc1nc2c(s1)CCN(CC[C@H]1CC[C@H](NC(=O)c3cn(Cc4cccc(F)c4)cn3)CC1)C2. The van der Waals surface area contributed by atoms with Gasteiger partial charge in [0.1, 0.15) is 11.5 Å². The van der Waals surface area contributed by atoms with Crippen LogP contribution in [-0.2, 0) is 19.5 Å². The summed E-state index contributed by atoms with van der Waals surface area (Å²) in [5.41, 5.74) is 2.13. The first-order valence-electron chi connectivity index (χ1n) is 13.5. The van der Waals surface area contributed by atoms with E-state index in [2.05, 4.69) is 20.2 Å². The number of nitrogens with one attached hydrogen (secondary N) is 1. The van der Waals surface area contributed by atoms with Crippen molar-refractivity contribution >= 4 is 17.2 Å². The van der Waals surface area contributed by atoms with Gasteiger partial charge < -0.3 is 14.6 Å². The van der Waals surface area contributed by atoms with Gasteiger partial charge in [0.05, 0.1) is 12.0 Å². The molecule has 0 atom stereocenters. The zero-order chi connectivity index (χ0) is 27.4. The fourth-order valence-electron chi connectivity index (χ4n) is 5.30. The molecule has 1 aliphatic heterocycles. The number of alkyl halides is 2. The van der Waals surface area contributed by atoms with E-state index in [9.17, 15) is 18.0 Å². The van der Waals surface area contributed by atoms with Crippen LogP contribution >= 0.6 is 11.3 Å². The van der Waals surface area contributed by atoms with E-state index in [1.165, 1.54) is 23.5 Å². The van der Waals surface area contributed by atoms with Crippen LogP contribution in [0.3, 0.4) is 0 Å². The number of halogens is 3. The number of hydrogen-bond acceptors (Lipinski definition) is 6. The normalized spacial score (nSPS) is 20.0. The summed E-state index contributed by atoms with van der Waals surface area (Å²) in [6.45, 7) is 3.30. The van der Waals surface area contributed by atoms with E-state index in [-0.39, 0.29) is 17.8 Å². The van der Waals surface area contributed by atoms with Gasteiger partial charge in [-0.3, -0.25) is 9.69 Å². The first-order chi connectivity index (χ1) is 18.7. The summed E-state index contributed by atoms with van der Waals surface area (Å²) in [6, 6.07) is 6.54. The highest BCUT2D eigenvalue weighted by atomic mass is 32.1. The highest BCUT2D eigenvalue weighted by Crippen LogP contribution is 2.32. The number of hydrogen-bond donors (Lipinski definition) is 1. The van der Waals surface area contributed by atoms with E-state index < -0.39 is 12.5 Å². The third-order valence-corrected chi connectivity index (χ3v) is 8.46. The molecular formula is C28H34F3N5O2S. The number of aromatic nitrogens is 3. The Morgan fingerprint density at radius 1 is 1.26 bits per heavy atom. The Kier molecular flexibility index (Phi) is 8.56. The number of rotatable bonds is 10. The van der Waals surface area contributed by atoms with Crippen LogP contribution in [0.2, 0.25) is 0 Å². The van der Waals surface area contributed by atoms with E-state index in [4.69, 9.17) is 4.74 Å². The Bertz CT molecular complexity index is 1270. The number of fused-ring (bicyclic) bond motifs is 1. The number of carbonyl (C=O) groups excluding carboxylic acids is 1. The number of imidazole rings is 1. The topological polar surface area (TPSA) is 72.3 Å². The Morgan fingerprint density at radius 3 is 2.85 bits per heavy atom. The van der Waals surface area contributed by atoms with Crippen molar-refractivity contribution in [3.8, 4) is 5.19 Å². The van der Waals surface area contributed by atoms with Crippen molar-refractivity contribution in [3.05, 3.63) is 64.4 Å². The van der Waals surface area contributed by atoms with Crippen LogP contribution in [0.5, 0.6) is 5.19 Å². The lowest BCUT2D eigenvalue weighted by Crippen LogP contribution is -2.38. The third kappa shape index (κ3) is 7.82. The Hall–Kier alpha value is -2.92. The maximum atomic E-state index is 13.4. The molecule has 2 aromatic heterocycles. The van der Waals surface area contributed by atoms with Crippen molar-refractivity contribution in [1.82, 2.24) is 24.8 Å². The van der Waals surface area contributed by atoms with Gasteiger partial charge in [0, 0.05) is 43.7 Å². The molecule has 0 unspecified atom stereocenters. The first kappa shape index (κ1) is 27.6. The highest BCUT2D eigenvalue weighted by molar-refractivity contribution is 7.13. The van der Waals surface area contributed by atoms with Gasteiger partial charge in [0.25, 0.3) is 17.0 Å². The number of amides is 1. The second-order valence-corrected chi connectivity index (χ2v) is 11.8. The average Bonchev–Trinajstić information content (AvgIpc) is 3.53. The molecule has 1 saturated carbocycles. The quantitative estimate of drug-likeness (QED) is 0.364. The predicted octanol–water partition coefficient (Wildman–Crippen LogP) is 5.30. The van der Waals surface area contributed by atoms with E-state index >= 15 is 0 Å². The third-order valence-electron chi connectivity index (χ3n) is 7.39. The Labute approximate surface area is 230 Å². The molecule has 1 amide bonds. The highest BCUT2D eigenvalue weighted by Gasteiger charge is 2.27. The molecule has 1 N–H and O–H groups in total. The van der Waals surface area contributed by atoms with Crippen molar-refractivity contribution < 1.29 is 22.7 Å². The summed E-state index contributed by atoms with van der Waals surface area (Å²) < 4.78 is 46.6. The van der Waals surface area contributed by atoms with Crippen LogP contribution in [0.25, 0.3) is 0 Å². The molecule has 1 fully saturated rings. The predicted molar refractivity (Wildman–Crippen MR) is 143 cm³/mol. The van der Waals surface area contributed by atoms with Crippen LogP contribution in [-0.4, -0.2) is 57.0 Å². The number of carbonyl (C=O) groups is 1. The smallest absolute Gasteiger partial charge is 0.278 e. The molecule has 1 aliphatic carbocycles. The fourth-order valence-corrected chi connectivity index (χ4v) is 6.21. The molecule has 3 aromatic rings. The van der Waals surface area contributed by atoms with Gasteiger partial charge in [-0.2, -0.15) is 0 Å². The summed E-state index contributed by atoms with van der Waals surface area (Å²) in [4.78, 5) is 24.9. The lowest BCUT2D eigenvalue weighted by Gasteiger charge is -2.31. The zero-order valence-corrected chi connectivity index (χ0v) is 22.9. The first-order valence-corrected chi connectivity index (χ1v) is 14.3. The van der Waals surface area contributed by atoms with Crippen LogP contribution in [0.1, 0.15) is 65.7 Å². The lowest BCUT2D eigenvalue weighted by atomic mass is 9.84. The number of thiazole rings is 1. The monoisotopic (exact) mass is 561 g/mol. The molecular weight excluding hydrogens is 527 g/mol. The van der Waals surface area contributed by atoms with Crippen LogP contribution < -0.4 is 10.1 Å². The van der Waals surface area contributed by atoms with Crippen molar-refractivity contribution in [2.24, 2.45) is 5.92 Å². The van der Waals surface area contributed by atoms with E-state index in [1.807, 2.05) is 6.07 Å². The molecule has 0 radical (unpaired) electrons. The van der Waals surface area contributed by atoms with Gasteiger partial charge in [-0.25, -0.2) is 23.1 Å². The minimum Gasteiger partial charge on any atom is -0.464 e. The molecule has 210 valence electrons. The largest absolute Gasteiger partial charge is 0.464 e. The molecule has 39 heavy (non-hydrogen) atoms. The molecule has 11 heteroatoms. The van der Waals surface area contributed by atoms with Gasteiger partial charge in [-0.15, -0.1) is 0 Å². The van der Waals surface area contributed by atoms with Crippen molar-refractivity contribution in [3.63, 3.8) is 0 Å². The molecule has 2 aliphatic rings. The second kappa shape index (κ2) is 12.1. The molecule has 3 heterocycles. The average molecular weight is 562 g/mol. The van der Waals surface area contributed by atoms with Crippen LogP contribution in [0.4, 0.5) is 13.2 Å². The van der Waals surface area contributed by atoms with Crippen molar-refractivity contribution in [1.29, 1.82) is 0 Å². The summed E-state index contributed by atoms with van der Waals surface area (Å²) in [5.74, 6) is -2.70. The summed E-state index contributed by atoms with van der Waals surface area (Å²) in [5, 5.41) is 3.46. The van der Waals surface area contributed by atoms with Crippen LogP contribution in [0, 0.1) is 11.7 Å². The molecule has 5 rings (SSSR count). The molecule has 0 saturated heterocycles. The summed E-state index contributed by atoms with van der Waals surface area (Å²) in [6.07, 6.45) is 9.29. The minimum absolute atomic E-state index is 0.142. The maximum absolute atomic E-state index is 13.4. The molecule has 1 aromatic carbocycles. The fraction of sp³-hybridized carbons (Fsp3) is 0.536. The number of ether oxygens (including phenoxy) is 1. The van der Waals surface area contributed by atoms with Gasteiger partial charge >= 0.3 is 0 Å². The van der Waals surface area contributed by atoms with E-state index in [1.54, 1.807) is 23.2 Å². The Morgan fingerprint density at radius 2 is 2.08 bits per heavy atom. The van der Waals surface area contributed by atoms with Gasteiger partial charge in [0.15, 0.2) is 6.61 Å². The van der Waals surface area contributed by atoms with Gasteiger partial charge in [-0.05, 0) is 68.7 Å². The van der Waals surface area contributed by atoms with Gasteiger partial charge in [0.2, 0.25) is 0 Å². The lowest BCUT2D eigenvalue weighted by molar-refractivity contribution is -0.0230. The standard InChI is InChI=1S/C28H34F3N5O2S/c1-28(30,31)17-38-27-34-23-15-35(12-10-25(23)39-27)11-9-19-5-7-22(8-6-19)33-26(37)24-16-36(18-32-24)14-20-3-2-4-21(29)13-20/h2-4,13,16,18-19,22H,5-12,14-15,17H2,1H3,(H,33,37)/t19-,22-. The minimum atomic E-state index is -2.87. The Balaban J connectivity index is 1.02. The van der Waals surface area contributed by atoms with Crippen molar-refractivity contribution in [2.45, 2.75) is 70.5 Å². The summed E-state index contributed by atoms with van der Waals surface area (Å²) in [7, 11) is 0. The van der Waals surface area contributed by atoms with E-state index in [0.717, 1.165) is 81.2 Å². The zero-order valence-electron chi connectivity index (χ0n) is 22.0. The second-order valence-electron chi connectivity index (χ2n) is 10.8. The maximum Gasteiger partial charge on any atom is 0.278 e. The number of nitrogens with zero attached hydrogens (tertiary/aromatic N) is 4. The van der Waals surface area contributed by atoms with Crippen LogP contribution in [0.15, 0.2) is 36.8 Å². The molecule has 0 bridgehead atoms. The van der Waals surface area contributed by atoms with E-state index in [0.29, 0.717) is 23.4 Å². The molecule has 7 nitrogen and oxygen atoms in total. The van der Waals surface area contributed by atoms with Crippen molar-refractivity contribution in [2.75, 3.05) is 19.7 Å². The summed E-state index contributed by atoms with van der Waals surface area (Å²) >= 11 is 1.38. The molecule has 0 spiro atoms. The van der Waals surface area contributed by atoms with Gasteiger partial charge in [-0.1, -0.05) is 23.5 Å². The number of benzene rings is 1.